The SMILES string of the molecule is COCc1cccc(-c2c(C)cc(OCCCNS(C)(=O)=O)cc2C)c1. The first-order valence-corrected chi connectivity index (χ1v) is 10.5. The lowest BCUT2D eigenvalue weighted by atomic mass is 9.94. The largest absolute Gasteiger partial charge is 0.494 e. The Balaban J connectivity index is 2.07. The van der Waals surface area contributed by atoms with Crippen LogP contribution in [0.4, 0.5) is 0 Å². The Morgan fingerprint density at radius 2 is 1.77 bits per heavy atom. The smallest absolute Gasteiger partial charge is 0.208 e. The van der Waals surface area contributed by atoms with Crippen molar-refractivity contribution in [3.05, 3.63) is 53.1 Å². The number of hydrogen-bond donors (Lipinski definition) is 1. The standard InChI is InChI=1S/C20H27NO4S/c1-15-11-19(25-10-6-9-21-26(4,22)23)12-16(2)20(15)18-8-5-7-17(13-18)14-24-3/h5,7-8,11-13,21H,6,9-10,14H2,1-4H3. The molecule has 142 valence electrons. The molecule has 2 aromatic rings. The molecule has 0 heterocycles. The minimum Gasteiger partial charge on any atom is -0.494 e. The minimum atomic E-state index is -3.14. The van der Waals surface area contributed by atoms with Crippen LogP contribution in [0.5, 0.6) is 5.75 Å². The van der Waals surface area contributed by atoms with Gasteiger partial charge in [0.25, 0.3) is 0 Å². The molecule has 0 aliphatic carbocycles. The van der Waals surface area contributed by atoms with E-state index in [-0.39, 0.29) is 0 Å². The first kappa shape index (κ1) is 20.4. The number of ether oxygens (including phenoxy) is 2. The molecule has 6 heteroatoms. The quantitative estimate of drug-likeness (QED) is 0.680. The van der Waals surface area contributed by atoms with Crippen molar-refractivity contribution < 1.29 is 17.9 Å². The van der Waals surface area contributed by atoms with E-state index >= 15 is 0 Å². The summed E-state index contributed by atoms with van der Waals surface area (Å²) in [5, 5.41) is 0. The molecule has 0 saturated heterocycles. The van der Waals surface area contributed by atoms with Crippen molar-refractivity contribution in [2.24, 2.45) is 0 Å². The summed E-state index contributed by atoms with van der Waals surface area (Å²) in [7, 11) is -1.45. The second-order valence-corrected chi connectivity index (χ2v) is 8.27. The van der Waals surface area contributed by atoms with Crippen molar-refractivity contribution in [3.8, 4) is 16.9 Å². The van der Waals surface area contributed by atoms with E-state index in [4.69, 9.17) is 9.47 Å². The van der Waals surface area contributed by atoms with E-state index < -0.39 is 10.0 Å². The van der Waals surface area contributed by atoms with Crippen LogP contribution in [0.2, 0.25) is 0 Å². The monoisotopic (exact) mass is 377 g/mol. The van der Waals surface area contributed by atoms with Gasteiger partial charge in [0.2, 0.25) is 10.0 Å². The van der Waals surface area contributed by atoms with Gasteiger partial charge in [-0.1, -0.05) is 18.2 Å². The van der Waals surface area contributed by atoms with Crippen molar-refractivity contribution in [1.29, 1.82) is 0 Å². The van der Waals surface area contributed by atoms with Gasteiger partial charge < -0.3 is 9.47 Å². The molecule has 0 radical (unpaired) electrons. The predicted octanol–water partition coefficient (Wildman–Crippen LogP) is 3.43. The van der Waals surface area contributed by atoms with E-state index in [2.05, 4.69) is 36.8 Å². The van der Waals surface area contributed by atoms with Crippen LogP contribution in [0.15, 0.2) is 36.4 Å². The summed E-state index contributed by atoms with van der Waals surface area (Å²) in [6, 6.07) is 12.4. The maximum Gasteiger partial charge on any atom is 0.208 e. The number of methoxy groups -OCH3 is 1. The van der Waals surface area contributed by atoms with E-state index in [1.807, 2.05) is 18.2 Å². The average Bonchev–Trinajstić information content (AvgIpc) is 2.53. The summed E-state index contributed by atoms with van der Waals surface area (Å²) < 4.78 is 35.5. The number of sulfonamides is 1. The summed E-state index contributed by atoms with van der Waals surface area (Å²) in [6.45, 7) is 5.58. The summed E-state index contributed by atoms with van der Waals surface area (Å²) in [5.74, 6) is 0.802. The van der Waals surface area contributed by atoms with Crippen LogP contribution in [0.3, 0.4) is 0 Å². The summed E-state index contributed by atoms with van der Waals surface area (Å²) in [6.07, 6.45) is 1.77. The van der Waals surface area contributed by atoms with Crippen LogP contribution in [0, 0.1) is 13.8 Å². The highest BCUT2D eigenvalue weighted by Gasteiger charge is 2.09. The fourth-order valence-corrected chi connectivity index (χ4v) is 3.48. The molecule has 0 aromatic heterocycles. The molecule has 0 amide bonds. The van der Waals surface area contributed by atoms with Crippen molar-refractivity contribution in [2.75, 3.05) is 26.5 Å². The molecule has 0 unspecified atom stereocenters. The van der Waals surface area contributed by atoms with Gasteiger partial charge in [0.15, 0.2) is 0 Å². The van der Waals surface area contributed by atoms with Gasteiger partial charge >= 0.3 is 0 Å². The molecule has 5 nitrogen and oxygen atoms in total. The Kier molecular flexibility index (Phi) is 7.20. The van der Waals surface area contributed by atoms with Crippen molar-refractivity contribution >= 4 is 10.0 Å². The second-order valence-electron chi connectivity index (χ2n) is 6.43. The molecule has 0 atom stereocenters. The molecular formula is C20H27NO4S. The van der Waals surface area contributed by atoms with Crippen LogP contribution in [0.25, 0.3) is 11.1 Å². The normalized spacial score (nSPS) is 11.5. The van der Waals surface area contributed by atoms with Gasteiger partial charge in [0, 0.05) is 13.7 Å². The first-order valence-electron chi connectivity index (χ1n) is 8.57. The molecule has 1 N–H and O–H groups in total. The lowest BCUT2D eigenvalue weighted by molar-refractivity contribution is 0.185. The topological polar surface area (TPSA) is 64.6 Å². The average molecular weight is 378 g/mol. The van der Waals surface area contributed by atoms with E-state index in [0.717, 1.165) is 28.7 Å². The number of hydrogen-bond acceptors (Lipinski definition) is 4. The Bertz CT molecular complexity index is 824. The van der Waals surface area contributed by atoms with E-state index in [0.29, 0.717) is 26.2 Å². The summed E-state index contributed by atoms with van der Waals surface area (Å²) in [5.41, 5.74) is 5.79. The van der Waals surface area contributed by atoms with Gasteiger partial charge in [-0.05, 0) is 66.3 Å². The molecule has 0 saturated carbocycles. The van der Waals surface area contributed by atoms with Gasteiger partial charge in [-0.15, -0.1) is 0 Å². The molecule has 0 spiro atoms. The fraction of sp³-hybridized carbons (Fsp3) is 0.400. The number of benzene rings is 2. The number of aryl methyl sites for hydroxylation is 2. The third-order valence-corrected chi connectivity index (χ3v) is 4.72. The van der Waals surface area contributed by atoms with Gasteiger partial charge in [-0.25, -0.2) is 13.1 Å². The van der Waals surface area contributed by atoms with Crippen LogP contribution < -0.4 is 9.46 Å². The van der Waals surface area contributed by atoms with E-state index in [1.54, 1.807) is 7.11 Å². The Morgan fingerprint density at radius 3 is 2.38 bits per heavy atom. The highest BCUT2D eigenvalue weighted by Crippen LogP contribution is 2.31. The van der Waals surface area contributed by atoms with Crippen LogP contribution in [-0.4, -0.2) is 34.9 Å². The maximum absolute atomic E-state index is 11.0. The van der Waals surface area contributed by atoms with Gasteiger partial charge in [0.05, 0.1) is 19.5 Å². The molecule has 2 aromatic carbocycles. The lowest BCUT2D eigenvalue weighted by Crippen LogP contribution is -2.24. The van der Waals surface area contributed by atoms with Gasteiger partial charge in [-0.2, -0.15) is 0 Å². The van der Waals surface area contributed by atoms with Crippen LogP contribution >= 0.6 is 0 Å². The molecule has 0 fully saturated rings. The zero-order valence-corrected chi connectivity index (χ0v) is 16.7. The molecule has 0 aliphatic rings. The fourth-order valence-electron chi connectivity index (χ4n) is 2.97. The zero-order chi connectivity index (χ0) is 19.2. The Hall–Kier alpha value is -1.89. The van der Waals surface area contributed by atoms with Crippen LogP contribution in [0.1, 0.15) is 23.1 Å². The van der Waals surface area contributed by atoms with Crippen molar-refractivity contribution in [1.82, 2.24) is 4.72 Å². The first-order chi connectivity index (χ1) is 12.3. The molecule has 0 bridgehead atoms. The predicted molar refractivity (Wildman–Crippen MR) is 105 cm³/mol. The zero-order valence-electron chi connectivity index (χ0n) is 15.8. The maximum atomic E-state index is 11.0. The molecule has 0 aliphatic heterocycles. The van der Waals surface area contributed by atoms with Gasteiger partial charge in [0.1, 0.15) is 5.75 Å². The second kappa shape index (κ2) is 9.16. The highest BCUT2D eigenvalue weighted by molar-refractivity contribution is 7.88. The third-order valence-electron chi connectivity index (χ3n) is 3.99. The Morgan fingerprint density at radius 1 is 1.08 bits per heavy atom. The summed E-state index contributed by atoms with van der Waals surface area (Å²) in [4.78, 5) is 0. The van der Waals surface area contributed by atoms with Crippen LogP contribution in [-0.2, 0) is 21.4 Å². The minimum absolute atomic E-state index is 0.376. The number of nitrogens with one attached hydrogen (secondary N) is 1. The van der Waals surface area contributed by atoms with Crippen molar-refractivity contribution in [2.45, 2.75) is 26.9 Å². The number of rotatable bonds is 9. The van der Waals surface area contributed by atoms with E-state index in [9.17, 15) is 8.42 Å². The third kappa shape index (κ3) is 6.12. The van der Waals surface area contributed by atoms with Crippen molar-refractivity contribution in [3.63, 3.8) is 0 Å². The molecule has 26 heavy (non-hydrogen) atoms. The molecule has 2 rings (SSSR count). The van der Waals surface area contributed by atoms with E-state index in [1.165, 1.54) is 11.1 Å². The van der Waals surface area contributed by atoms with Gasteiger partial charge in [-0.3, -0.25) is 0 Å². The Labute approximate surface area is 156 Å². The lowest BCUT2D eigenvalue weighted by Gasteiger charge is -2.15. The molecular weight excluding hydrogens is 350 g/mol. The highest BCUT2D eigenvalue weighted by atomic mass is 32.2. The summed E-state index contributed by atoms with van der Waals surface area (Å²) >= 11 is 0.